The van der Waals surface area contributed by atoms with Gasteiger partial charge in [0.1, 0.15) is 5.82 Å². The lowest BCUT2D eigenvalue weighted by atomic mass is 10.1. The molecule has 4 aromatic rings. The molecule has 1 amide bonds. The molecule has 4 rings (SSSR count). The summed E-state index contributed by atoms with van der Waals surface area (Å²) < 4.78 is 14.9. The van der Waals surface area contributed by atoms with Gasteiger partial charge in [0.15, 0.2) is 0 Å². The Labute approximate surface area is 166 Å². The first kappa shape index (κ1) is 18.2. The number of nitrogens with one attached hydrogen (secondary N) is 1. The third kappa shape index (κ3) is 4.05. The van der Waals surface area contributed by atoms with Crippen molar-refractivity contribution in [1.29, 1.82) is 0 Å². The van der Waals surface area contributed by atoms with E-state index in [0.717, 1.165) is 22.0 Å². The fourth-order valence-electron chi connectivity index (χ4n) is 2.99. The van der Waals surface area contributed by atoms with Gasteiger partial charge in [-0.25, -0.2) is 4.39 Å². The summed E-state index contributed by atoms with van der Waals surface area (Å²) >= 11 is 5.88. The van der Waals surface area contributed by atoms with Crippen molar-refractivity contribution in [2.24, 2.45) is 0 Å². The summed E-state index contributed by atoms with van der Waals surface area (Å²) in [4.78, 5) is 12.5. The largest absolute Gasteiger partial charge is 0.348 e. The molecule has 0 radical (unpaired) electrons. The fourth-order valence-corrected chi connectivity index (χ4v) is 3.11. The van der Waals surface area contributed by atoms with Crippen molar-refractivity contribution in [3.63, 3.8) is 0 Å². The summed E-state index contributed by atoms with van der Waals surface area (Å²) in [6.45, 7) is 0.919. The van der Waals surface area contributed by atoms with Crippen molar-refractivity contribution in [2.45, 2.75) is 13.1 Å². The van der Waals surface area contributed by atoms with E-state index in [1.807, 2.05) is 24.3 Å². The Morgan fingerprint density at radius 2 is 1.71 bits per heavy atom. The molecule has 3 aromatic carbocycles. The summed E-state index contributed by atoms with van der Waals surface area (Å²) in [5, 5.41) is 8.91. The SMILES string of the molecule is O=C(NCc1ccc(Cl)cc1)c1ccc2cnn(Cc3ccc(F)cc3)c2c1. The summed E-state index contributed by atoms with van der Waals surface area (Å²) in [6.07, 6.45) is 1.76. The van der Waals surface area contributed by atoms with Crippen molar-refractivity contribution in [2.75, 3.05) is 0 Å². The van der Waals surface area contributed by atoms with Gasteiger partial charge in [-0.2, -0.15) is 5.10 Å². The molecule has 0 fully saturated rings. The highest BCUT2D eigenvalue weighted by Gasteiger charge is 2.10. The van der Waals surface area contributed by atoms with E-state index in [-0.39, 0.29) is 11.7 Å². The molecule has 140 valence electrons. The molecule has 0 aliphatic rings. The number of halogens is 2. The Bertz CT molecular complexity index is 1120. The highest BCUT2D eigenvalue weighted by Crippen LogP contribution is 2.18. The van der Waals surface area contributed by atoms with Gasteiger partial charge >= 0.3 is 0 Å². The third-order valence-electron chi connectivity index (χ3n) is 4.52. The smallest absolute Gasteiger partial charge is 0.251 e. The van der Waals surface area contributed by atoms with Gasteiger partial charge in [0.05, 0.1) is 18.3 Å². The molecule has 0 aliphatic carbocycles. The van der Waals surface area contributed by atoms with Crippen LogP contribution in [0.4, 0.5) is 4.39 Å². The number of benzene rings is 3. The second kappa shape index (κ2) is 7.82. The highest BCUT2D eigenvalue weighted by molar-refractivity contribution is 6.30. The van der Waals surface area contributed by atoms with Crippen molar-refractivity contribution in [3.05, 3.63) is 100 Å². The highest BCUT2D eigenvalue weighted by atomic mass is 35.5. The minimum absolute atomic E-state index is 0.161. The fraction of sp³-hybridized carbons (Fsp3) is 0.0909. The van der Waals surface area contributed by atoms with E-state index in [2.05, 4.69) is 10.4 Å². The van der Waals surface area contributed by atoms with Crippen LogP contribution in [0.2, 0.25) is 5.02 Å². The third-order valence-corrected chi connectivity index (χ3v) is 4.77. The summed E-state index contributed by atoms with van der Waals surface area (Å²) in [5.41, 5.74) is 3.31. The van der Waals surface area contributed by atoms with Crippen LogP contribution in [0.15, 0.2) is 72.9 Å². The van der Waals surface area contributed by atoms with Crippen LogP contribution in [-0.2, 0) is 13.1 Å². The second-order valence-corrected chi connectivity index (χ2v) is 6.95. The predicted octanol–water partition coefficient (Wildman–Crippen LogP) is 4.81. The second-order valence-electron chi connectivity index (χ2n) is 6.51. The van der Waals surface area contributed by atoms with E-state index >= 15 is 0 Å². The summed E-state index contributed by atoms with van der Waals surface area (Å²) in [6, 6.07) is 19.1. The Balaban J connectivity index is 1.52. The van der Waals surface area contributed by atoms with Crippen molar-refractivity contribution in [1.82, 2.24) is 15.1 Å². The minimum atomic E-state index is -0.270. The van der Waals surface area contributed by atoms with Crippen LogP contribution in [0, 0.1) is 5.82 Å². The predicted molar refractivity (Wildman–Crippen MR) is 108 cm³/mol. The van der Waals surface area contributed by atoms with Gasteiger partial charge in [-0.1, -0.05) is 41.9 Å². The molecule has 0 saturated carbocycles. The molecule has 0 atom stereocenters. The van der Waals surface area contributed by atoms with Gasteiger partial charge in [-0.05, 0) is 47.5 Å². The lowest BCUT2D eigenvalue weighted by Gasteiger charge is -2.08. The molecular weight excluding hydrogens is 377 g/mol. The maximum Gasteiger partial charge on any atom is 0.251 e. The van der Waals surface area contributed by atoms with Gasteiger partial charge in [0.25, 0.3) is 5.91 Å². The monoisotopic (exact) mass is 393 g/mol. The van der Waals surface area contributed by atoms with Crippen LogP contribution in [0.25, 0.3) is 10.9 Å². The van der Waals surface area contributed by atoms with Gasteiger partial charge < -0.3 is 5.32 Å². The molecule has 0 unspecified atom stereocenters. The van der Waals surface area contributed by atoms with E-state index in [4.69, 9.17) is 11.6 Å². The van der Waals surface area contributed by atoms with E-state index in [1.165, 1.54) is 12.1 Å². The van der Waals surface area contributed by atoms with Gasteiger partial charge in [0.2, 0.25) is 0 Å². The average Bonchev–Trinajstić information content (AvgIpc) is 3.11. The van der Waals surface area contributed by atoms with Crippen LogP contribution < -0.4 is 5.32 Å². The number of hydrogen-bond acceptors (Lipinski definition) is 2. The Kier molecular flexibility index (Phi) is 5.08. The van der Waals surface area contributed by atoms with Crippen LogP contribution >= 0.6 is 11.6 Å². The number of fused-ring (bicyclic) bond motifs is 1. The number of hydrogen-bond donors (Lipinski definition) is 1. The maximum absolute atomic E-state index is 13.1. The van der Waals surface area contributed by atoms with Crippen LogP contribution in [-0.4, -0.2) is 15.7 Å². The molecule has 0 bridgehead atoms. The topological polar surface area (TPSA) is 46.9 Å². The first-order valence-electron chi connectivity index (χ1n) is 8.81. The maximum atomic E-state index is 13.1. The quantitative estimate of drug-likeness (QED) is 0.529. The van der Waals surface area contributed by atoms with Crippen LogP contribution in [0.3, 0.4) is 0 Å². The number of carbonyl (C=O) groups excluding carboxylic acids is 1. The Morgan fingerprint density at radius 3 is 2.46 bits per heavy atom. The number of carbonyl (C=O) groups is 1. The Hall–Kier alpha value is -3.18. The molecule has 28 heavy (non-hydrogen) atoms. The molecule has 1 aromatic heterocycles. The van der Waals surface area contributed by atoms with Gasteiger partial charge in [-0.3, -0.25) is 9.48 Å². The molecule has 0 saturated heterocycles. The zero-order chi connectivity index (χ0) is 19.5. The van der Waals surface area contributed by atoms with Crippen molar-refractivity contribution >= 4 is 28.4 Å². The van der Waals surface area contributed by atoms with Crippen molar-refractivity contribution in [3.8, 4) is 0 Å². The zero-order valence-corrected chi connectivity index (χ0v) is 15.7. The van der Waals surface area contributed by atoms with Gasteiger partial charge in [-0.15, -0.1) is 0 Å². The summed E-state index contributed by atoms with van der Waals surface area (Å²) in [5.74, 6) is -0.430. The molecule has 4 nitrogen and oxygen atoms in total. The van der Waals surface area contributed by atoms with E-state index in [9.17, 15) is 9.18 Å². The van der Waals surface area contributed by atoms with E-state index in [0.29, 0.717) is 23.7 Å². The van der Waals surface area contributed by atoms with Crippen LogP contribution in [0.5, 0.6) is 0 Å². The van der Waals surface area contributed by atoms with Crippen molar-refractivity contribution < 1.29 is 9.18 Å². The zero-order valence-electron chi connectivity index (χ0n) is 14.9. The molecule has 1 N–H and O–H groups in total. The average molecular weight is 394 g/mol. The molecule has 6 heteroatoms. The lowest BCUT2D eigenvalue weighted by Crippen LogP contribution is -2.22. The van der Waals surface area contributed by atoms with Gasteiger partial charge in [0, 0.05) is 22.5 Å². The molecule has 1 heterocycles. The molecule has 0 aliphatic heterocycles. The standard InChI is InChI=1S/C22H17ClFN3O/c23-19-7-1-15(2-8-19)12-25-22(28)17-5-6-18-13-26-27(21(18)11-17)14-16-3-9-20(24)10-4-16/h1-11,13H,12,14H2,(H,25,28). The summed E-state index contributed by atoms with van der Waals surface area (Å²) in [7, 11) is 0. The van der Waals surface area contributed by atoms with Crippen LogP contribution in [0.1, 0.15) is 21.5 Å². The lowest BCUT2D eigenvalue weighted by molar-refractivity contribution is 0.0951. The Morgan fingerprint density at radius 1 is 1.00 bits per heavy atom. The number of aromatic nitrogens is 2. The minimum Gasteiger partial charge on any atom is -0.348 e. The first-order chi connectivity index (χ1) is 13.6. The first-order valence-corrected chi connectivity index (χ1v) is 9.19. The molecule has 0 spiro atoms. The normalized spacial score (nSPS) is 10.9. The number of nitrogens with zero attached hydrogens (tertiary/aromatic N) is 2. The number of amides is 1. The van der Waals surface area contributed by atoms with E-state index < -0.39 is 0 Å². The molecular formula is C22H17ClFN3O. The van der Waals surface area contributed by atoms with E-state index in [1.54, 1.807) is 41.2 Å². The number of rotatable bonds is 5.